The van der Waals surface area contributed by atoms with Crippen LogP contribution in [0.1, 0.15) is 43.2 Å². The first kappa shape index (κ1) is 26.3. The van der Waals surface area contributed by atoms with Crippen molar-refractivity contribution < 1.29 is 13.6 Å². The normalized spacial score (nSPS) is 17.4. The van der Waals surface area contributed by atoms with Gasteiger partial charge >= 0.3 is 0 Å². The van der Waals surface area contributed by atoms with Gasteiger partial charge in [-0.1, -0.05) is 19.4 Å². The molecule has 1 aliphatic heterocycles. The molecule has 0 saturated carbocycles. The van der Waals surface area contributed by atoms with Crippen LogP contribution >= 0.6 is 0 Å². The summed E-state index contributed by atoms with van der Waals surface area (Å²) in [6.45, 7) is 9.59. The molecule has 2 aromatic carbocycles. The Hall–Kier alpha value is -3.79. The van der Waals surface area contributed by atoms with Gasteiger partial charge in [-0.2, -0.15) is 9.78 Å². The standard InChI is InChI=1S/C27H32F2N6O2/c1-5-17-13-34(14-20(17)30)25-16(4)21(31-15(2)3)9-10-22(25)32-27(37)23-11-12-24(36)35(33-23)26-18(28)7-6-8-19(26)29/h6-12,15,17,20,31H,5,13-14,30H2,1-4H3,(H,32,37)/t17-,20+/m1/s1. The van der Waals surface area contributed by atoms with Gasteiger partial charge in [-0.25, -0.2) is 8.78 Å². The first-order valence-corrected chi connectivity index (χ1v) is 12.4. The summed E-state index contributed by atoms with van der Waals surface area (Å²) in [5, 5.41) is 10.3. The van der Waals surface area contributed by atoms with Gasteiger partial charge in [-0.05, 0) is 62.6 Å². The van der Waals surface area contributed by atoms with E-state index in [2.05, 4.69) is 27.6 Å². The maximum Gasteiger partial charge on any atom is 0.276 e. The lowest BCUT2D eigenvalue weighted by Gasteiger charge is -2.27. The van der Waals surface area contributed by atoms with Crippen molar-refractivity contribution in [2.45, 2.75) is 46.2 Å². The number of anilines is 3. The highest BCUT2D eigenvalue weighted by atomic mass is 19.1. The molecule has 0 aliphatic carbocycles. The van der Waals surface area contributed by atoms with Crippen LogP contribution in [0.15, 0.2) is 47.3 Å². The molecular weight excluding hydrogens is 478 g/mol. The molecular formula is C27H32F2N6O2. The number of halogens is 2. The maximum absolute atomic E-state index is 14.3. The zero-order chi connectivity index (χ0) is 26.9. The van der Waals surface area contributed by atoms with E-state index >= 15 is 0 Å². The molecule has 2 heterocycles. The SMILES string of the molecule is CC[C@@H]1CN(c2c(NC(=O)c3ccc(=O)n(-c4c(F)cccc4F)n3)ccc(NC(C)C)c2C)C[C@@H]1N. The third-order valence-corrected chi connectivity index (χ3v) is 6.64. The van der Waals surface area contributed by atoms with Crippen LogP contribution in [0.25, 0.3) is 5.69 Å². The summed E-state index contributed by atoms with van der Waals surface area (Å²) in [6.07, 6.45) is 0.945. The first-order chi connectivity index (χ1) is 17.6. The molecule has 8 nitrogen and oxygen atoms in total. The number of nitrogens with one attached hydrogen (secondary N) is 2. The highest BCUT2D eigenvalue weighted by molar-refractivity contribution is 6.05. The van der Waals surface area contributed by atoms with Gasteiger partial charge in [0.15, 0.2) is 11.6 Å². The summed E-state index contributed by atoms with van der Waals surface area (Å²) in [5.74, 6) is -2.22. The summed E-state index contributed by atoms with van der Waals surface area (Å²) in [7, 11) is 0. The molecule has 1 saturated heterocycles. The van der Waals surface area contributed by atoms with Gasteiger partial charge in [-0.15, -0.1) is 0 Å². The third kappa shape index (κ3) is 5.34. The van der Waals surface area contributed by atoms with Crippen molar-refractivity contribution in [2.24, 2.45) is 11.7 Å². The maximum atomic E-state index is 14.3. The van der Waals surface area contributed by atoms with Gasteiger partial charge in [0.2, 0.25) is 0 Å². The molecule has 4 N–H and O–H groups in total. The van der Waals surface area contributed by atoms with Crippen molar-refractivity contribution in [3.8, 4) is 5.69 Å². The van der Waals surface area contributed by atoms with E-state index in [1.807, 2.05) is 32.9 Å². The van der Waals surface area contributed by atoms with Gasteiger partial charge in [0, 0.05) is 36.9 Å². The Kier molecular flexibility index (Phi) is 7.58. The van der Waals surface area contributed by atoms with Gasteiger partial charge in [0.1, 0.15) is 11.4 Å². The Morgan fingerprint density at radius 1 is 1.08 bits per heavy atom. The van der Waals surface area contributed by atoms with E-state index in [4.69, 9.17) is 5.73 Å². The Bertz CT molecular complexity index is 1350. The number of hydrogen-bond acceptors (Lipinski definition) is 6. The summed E-state index contributed by atoms with van der Waals surface area (Å²) >= 11 is 0. The predicted molar refractivity (Wildman–Crippen MR) is 142 cm³/mol. The fraction of sp³-hybridized carbons (Fsp3) is 0.370. The Morgan fingerprint density at radius 3 is 2.38 bits per heavy atom. The quantitative estimate of drug-likeness (QED) is 0.443. The highest BCUT2D eigenvalue weighted by Crippen LogP contribution is 2.38. The lowest BCUT2D eigenvalue weighted by Crippen LogP contribution is -2.30. The second-order valence-corrected chi connectivity index (χ2v) is 9.66. The fourth-order valence-corrected chi connectivity index (χ4v) is 4.76. The van der Waals surface area contributed by atoms with Crippen molar-refractivity contribution in [3.05, 3.63) is 75.7 Å². The molecule has 1 aromatic heterocycles. The number of para-hydroxylation sites is 1. The lowest BCUT2D eigenvalue weighted by molar-refractivity contribution is 0.102. The average Bonchev–Trinajstić information content (AvgIpc) is 3.21. The van der Waals surface area contributed by atoms with Crippen LogP contribution in [0.4, 0.5) is 25.8 Å². The average molecular weight is 511 g/mol. The Balaban J connectivity index is 1.72. The van der Waals surface area contributed by atoms with E-state index in [1.165, 1.54) is 12.1 Å². The van der Waals surface area contributed by atoms with Crippen LogP contribution in [-0.4, -0.2) is 40.9 Å². The molecule has 1 fully saturated rings. The van der Waals surface area contributed by atoms with Crippen LogP contribution in [-0.2, 0) is 0 Å². The summed E-state index contributed by atoms with van der Waals surface area (Å²) in [5.41, 5.74) is 8.12. The second kappa shape index (κ2) is 10.7. The van der Waals surface area contributed by atoms with Crippen LogP contribution < -0.4 is 26.8 Å². The molecule has 1 aliphatic rings. The lowest BCUT2D eigenvalue weighted by atomic mass is 10.0. The van der Waals surface area contributed by atoms with Gasteiger partial charge in [-0.3, -0.25) is 9.59 Å². The van der Waals surface area contributed by atoms with Crippen molar-refractivity contribution in [2.75, 3.05) is 28.6 Å². The fourth-order valence-electron chi connectivity index (χ4n) is 4.76. The zero-order valence-electron chi connectivity index (χ0n) is 21.4. The molecule has 196 valence electrons. The number of amides is 1. The highest BCUT2D eigenvalue weighted by Gasteiger charge is 2.32. The summed E-state index contributed by atoms with van der Waals surface area (Å²) < 4.78 is 29.2. The molecule has 0 bridgehead atoms. The minimum atomic E-state index is -0.964. The van der Waals surface area contributed by atoms with Crippen molar-refractivity contribution in [3.63, 3.8) is 0 Å². The Morgan fingerprint density at radius 2 is 1.76 bits per heavy atom. The monoisotopic (exact) mass is 510 g/mol. The molecule has 0 spiro atoms. The van der Waals surface area contributed by atoms with Crippen molar-refractivity contribution >= 4 is 23.0 Å². The van der Waals surface area contributed by atoms with Crippen LogP contribution in [0.3, 0.4) is 0 Å². The van der Waals surface area contributed by atoms with E-state index < -0.39 is 28.8 Å². The van der Waals surface area contributed by atoms with Crippen LogP contribution in [0.2, 0.25) is 0 Å². The van der Waals surface area contributed by atoms with E-state index in [1.54, 1.807) is 0 Å². The molecule has 1 amide bonds. The number of aromatic nitrogens is 2. The van der Waals surface area contributed by atoms with E-state index in [0.29, 0.717) is 22.8 Å². The summed E-state index contributed by atoms with van der Waals surface area (Å²) in [4.78, 5) is 27.8. The van der Waals surface area contributed by atoms with Crippen LogP contribution in [0.5, 0.6) is 0 Å². The van der Waals surface area contributed by atoms with Crippen LogP contribution in [0, 0.1) is 24.5 Å². The largest absolute Gasteiger partial charge is 0.383 e. The van der Waals surface area contributed by atoms with E-state index in [0.717, 1.165) is 48.1 Å². The van der Waals surface area contributed by atoms with Crippen molar-refractivity contribution in [1.82, 2.24) is 9.78 Å². The van der Waals surface area contributed by atoms with Gasteiger partial charge < -0.3 is 21.3 Å². The number of nitrogens with two attached hydrogens (primary N) is 1. The topological polar surface area (TPSA) is 105 Å². The van der Waals surface area contributed by atoms with E-state index in [-0.39, 0.29) is 17.8 Å². The minimum absolute atomic E-state index is 0.00977. The first-order valence-electron chi connectivity index (χ1n) is 12.4. The molecule has 2 atom stereocenters. The second-order valence-electron chi connectivity index (χ2n) is 9.66. The molecule has 3 aromatic rings. The molecule has 10 heteroatoms. The number of hydrogen-bond donors (Lipinski definition) is 3. The smallest absolute Gasteiger partial charge is 0.276 e. The third-order valence-electron chi connectivity index (χ3n) is 6.64. The van der Waals surface area contributed by atoms with Gasteiger partial charge in [0.05, 0.1) is 11.4 Å². The number of benzene rings is 2. The minimum Gasteiger partial charge on any atom is -0.383 e. The molecule has 4 rings (SSSR count). The number of carbonyl (C=O) groups is 1. The predicted octanol–water partition coefficient (Wildman–Crippen LogP) is 4.07. The van der Waals surface area contributed by atoms with Gasteiger partial charge in [0.25, 0.3) is 11.5 Å². The number of nitrogens with zero attached hydrogens (tertiary/aromatic N) is 3. The van der Waals surface area contributed by atoms with E-state index in [9.17, 15) is 18.4 Å². The number of carbonyl (C=O) groups excluding carboxylic acids is 1. The molecule has 37 heavy (non-hydrogen) atoms. The summed E-state index contributed by atoms with van der Waals surface area (Å²) in [6, 6.07) is 9.43. The number of rotatable bonds is 7. The molecule has 0 radical (unpaired) electrons. The Labute approximate surface area is 214 Å². The zero-order valence-corrected chi connectivity index (χ0v) is 21.4. The molecule has 0 unspecified atom stereocenters. The van der Waals surface area contributed by atoms with Crippen molar-refractivity contribution in [1.29, 1.82) is 0 Å².